The van der Waals surface area contributed by atoms with Crippen molar-refractivity contribution in [2.45, 2.75) is 24.9 Å². The van der Waals surface area contributed by atoms with E-state index in [2.05, 4.69) is 31.5 Å². The molecule has 0 aromatic carbocycles. The van der Waals surface area contributed by atoms with E-state index in [1.54, 1.807) is 6.07 Å². The number of hydrogen-bond donors (Lipinski definition) is 2. The largest absolute Gasteiger partial charge is 0.309 e. The number of carbonyl (C=O) groups excluding carboxylic acids is 1. The van der Waals surface area contributed by atoms with E-state index in [1.807, 2.05) is 12.1 Å². The van der Waals surface area contributed by atoms with Crippen molar-refractivity contribution >= 4 is 27.7 Å². The molecule has 4 nitrogen and oxygen atoms in total. The molecule has 1 saturated carbocycles. The quantitative estimate of drug-likeness (QED) is 0.809. The fourth-order valence-corrected chi connectivity index (χ4v) is 2.56. The van der Waals surface area contributed by atoms with E-state index in [9.17, 15) is 4.79 Å². The molecule has 3 rings (SSSR count). The van der Waals surface area contributed by atoms with Crippen molar-refractivity contribution in [1.29, 1.82) is 0 Å². The Labute approximate surface area is 102 Å². The maximum absolute atomic E-state index is 11.9. The second-order valence-corrected chi connectivity index (χ2v) is 5.20. The Kier molecular flexibility index (Phi) is 2.44. The first-order chi connectivity index (χ1) is 7.72. The van der Waals surface area contributed by atoms with E-state index < -0.39 is 0 Å². The molecule has 2 N–H and O–H groups in total. The Hall–Kier alpha value is -0.940. The third-order valence-electron chi connectivity index (χ3n) is 3.16. The zero-order valence-corrected chi connectivity index (χ0v) is 10.2. The van der Waals surface area contributed by atoms with Gasteiger partial charge in [0.05, 0.1) is 6.04 Å². The molecule has 1 saturated heterocycles. The van der Waals surface area contributed by atoms with Gasteiger partial charge in [-0.2, -0.15) is 0 Å². The monoisotopic (exact) mass is 281 g/mol. The van der Waals surface area contributed by atoms with E-state index in [1.165, 1.54) is 6.42 Å². The molecular weight excluding hydrogens is 270 g/mol. The van der Waals surface area contributed by atoms with Crippen LogP contribution < -0.4 is 10.6 Å². The SMILES string of the molecule is O=C(Nc1cccc(Br)n1)[C@@H]1CC2C[C@H]2N1. The highest BCUT2D eigenvalue weighted by Gasteiger charge is 2.47. The van der Waals surface area contributed by atoms with Crippen LogP contribution in [0, 0.1) is 5.92 Å². The number of pyridine rings is 1. The Morgan fingerprint density at radius 1 is 1.50 bits per heavy atom. The second-order valence-electron chi connectivity index (χ2n) is 4.39. The van der Waals surface area contributed by atoms with Gasteiger partial charge in [-0.15, -0.1) is 0 Å². The lowest BCUT2D eigenvalue weighted by Gasteiger charge is -2.12. The Bertz CT molecular complexity index is 427. The van der Waals surface area contributed by atoms with Gasteiger partial charge in [0.1, 0.15) is 10.4 Å². The topological polar surface area (TPSA) is 54.0 Å². The molecule has 2 aliphatic rings. The van der Waals surface area contributed by atoms with Crippen LogP contribution in [0.4, 0.5) is 5.82 Å². The van der Waals surface area contributed by atoms with Gasteiger partial charge in [0.15, 0.2) is 0 Å². The molecule has 3 atom stereocenters. The van der Waals surface area contributed by atoms with Crippen LogP contribution >= 0.6 is 15.9 Å². The Morgan fingerprint density at radius 3 is 3.06 bits per heavy atom. The second kappa shape index (κ2) is 3.82. The number of anilines is 1. The van der Waals surface area contributed by atoms with Gasteiger partial charge in [0, 0.05) is 6.04 Å². The summed E-state index contributed by atoms with van der Waals surface area (Å²) in [5.41, 5.74) is 0. The van der Waals surface area contributed by atoms with Gasteiger partial charge in [-0.25, -0.2) is 4.98 Å². The van der Waals surface area contributed by atoms with Crippen molar-refractivity contribution in [2.75, 3.05) is 5.32 Å². The van der Waals surface area contributed by atoms with Gasteiger partial charge in [0.25, 0.3) is 0 Å². The van der Waals surface area contributed by atoms with Gasteiger partial charge < -0.3 is 10.6 Å². The highest BCUT2D eigenvalue weighted by Crippen LogP contribution is 2.40. The number of aromatic nitrogens is 1. The molecule has 0 spiro atoms. The van der Waals surface area contributed by atoms with Crippen LogP contribution in [0.5, 0.6) is 0 Å². The summed E-state index contributed by atoms with van der Waals surface area (Å²) in [6.07, 6.45) is 2.20. The van der Waals surface area contributed by atoms with Gasteiger partial charge in [-0.3, -0.25) is 4.79 Å². The maximum atomic E-state index is 11.9. The molecule has 1 aromatic rings. The summed E-state index contributed by atoms with van der Waals surface area (Å²) in [5, 5.41) is 6.13. The van der Waals surface area contributed by atoms with Gasteiger partial charge in [-0.1, -0.05) is 6.07 Å². The van der Waals surface area contributed by atoms with Gasteiger partial charge in [-0.05, 0) is 46.8 Å². The van der Waals surface area contributed by atoms with Crippen LogP contribution in [0.15, 0.2) is 22.8 Å². The Balaban J connectivity index is 1.64. The molecule has 2 heterocycles. The molecule has 1 aliphatic heterocycles. The highest BCUT2D eigenvalue weighted by atomic mass is 79.9. The first kappa shape index (κ1) is 10.2. The molecule has 1 unspecified atom stereocenters. The van der Waals surface area contributed by atoms with Crippen LogP contribution in [0.25, 0.3) is 0 Å². The van der Waals surface area contributed by atoms with Crippen molar-refractivity contribution in [3.8, 4) is 0 Å². The average Bonchev–Trinajstić information content (AvgIpc) is 2.86. The van der Waals surface area contributed by atoms with Crippen LogP contribution in [-0.2, 0) is 4.79 Å². The lowest BCUT2D eigenvalue weighted by Crippen LogP contribution is -2.38. The summed E-state index contributed by atoms with van der Waals surface area (Å²) in [7, 11) is 0. The van der Waals surface area contributed by atoms with Crippen LogP contribution in [-0.4, -0.2) is 23.0 Å². The van der Waals surface area contributed by atoms with Crippen LogP contribution in [0.2, 0.25) is 0 Å². The number of halogens is 1. The smallest absolute Gasteiger partial charge is 0.242 e. The summed E-state index contributed by atoms with van der Waals surface area (Å²) in [6.45, 7) is 0. The number of nitrogens with zero attached hydrogens (tertiary/aromatic N) is 1. The third-order valence-corrected chi connectivity index (χ3v) is 3.60. The molecule has 1 aliphatic carbocycles. The molecule has 2 fully saturated rings. The fourth-order valence-electron chi connectivity index (χ4n) is 2.22. The molecule has 5 heteroatoms. The molecule has 0 radical (unpaired) electrons. The van der Waals surface area contributed by atoms with E-state index in [-0.39, 0.29) is 11.9 Å². The van der Waals surface area contributed by atoms with E-state index in [0.29, 0.717) is 11.9 Å². The summed E-state index contributed by atoms with van der Waals surface area (Å²) in [4.78, 5) is 16.0. The van der Waals surface area contributed by atoms with Crippen LogP contribution in [0.3, 0.4) is 0 Å². The summed E-state index contributed by atoms with van der Waals surface area (Å²) in [5.74, 6) is 1.35. The molecule has 1 amide bonds. The number of fused-ring (bicyclic) bond motifs is 1. The minimum absolute atomic E-state index is 0.0257. The standard InChI is InChI=1S/C11H12BrN3O/c12-9-2-1-3-10(14-9)15-11(16)8-5-6-4-7(6)13-8/h1-3,6-8,13H,4-5H2,(H,14,15,16)/t6?,7-,8+/m1/s1. The van der Waals surface area contributed by atoms with Crippen molar-refractivity contribution in [3.05, 3.63) is 22.8 Å². The molecule has 16 heavy (non-hydrogen) atoms. The third kappa shape index (κ3) is 1.97. The van der Waals surface area contributed by atoms with Crippen LogP contribution in [0.1, 0.15) is 12.8 Å². The molecular formula is C11H12BrN3O. The lowest BCUT2D eigenvalue weighted by atomic mass is 10.2. The average molecular weight is 282 g/mol. The minimum Gasteiger partial charge on any atom is -0.309 e. The molecule has 0 bridgehead atoms. The summed E-state index contributed by atoms with van der Waals surface area (Å²) in [6, 6.07) is 6.03. The van der Waals surface area contributed by atoms with E-state index >= 15 is 0 Å². The fraction of sp³-hybridized carbons (Fsp3) is 0.455. The van der Waals surface area contributed by atoms with Gasteiger partial charge in [0.2, 0.25) is 5.91 Å². The predicted octanol–water partition coefficient (Wildman–Crippen LogP) is 1.53. The van der Waals surface area contributed by atoms with Crippen molar-refractivity contribution < 1.29 is 4.79 Å². The molecule has 84 valence electrons. The zero-order chi connectivity index (χ0) is 11.1. The normalized spacial score (nSPS) is 30.9. The molecule has 1 aromatic heterocycles. The number of amides is 1. The van der Waals surface area contributed by atoms with Gasteiger partial charge >= 0.3 is 0 Å². The lowest BCUT2D eigenvalue weighted by molar-refractivity contribution is -0.118. The highest BCUT2D eigenvalue weighted by molar-refractivity contribution is 9.10. The summed E-state index contributed by atoms with van der Waals surface area (Å²) >= 11 is 3.27. The summed E-state index contributed by atoms with van der Waals surface area (Å²) < 4.78 is 0.729. The predicted molar refractivity (Wildman–Crippen MR) is 64.0 cm³/mol. The number of rotatable bonds is 2. The zero-order valence-electron chi connectivity index (χ0n) is 8.61. The van der Waals surface area contributed by atoms with Crippen molar-refractivity contribution in [3.63, 3.8) is 0 Å². The Morgan fingerprint density at radius 2 is 2.38 bits per heavy atom. The number of nitrogens with one attached hydrogen (secondary N) is 2. The van der Waals surface area contributed by atoms with Crippen molar-refractivity contribution in [2.24, 2.45) is 5.92 Å². The number of piperidine rings is 1. The maximum Gasteiger partial charge on any atom is 0.242 e. The number of hydrogen-bond acceptors (Lipinski definition) is 3. The first-order valence-corrected chi connectivity index (χ1v) is 6.21. The minimum atomic E-state index is -0.0375. The van der Waals surface area contributed by atoms with E-state index in [0.717, 1.165) is 16.9 Å². The first-order valence-electron chi connectivity index (χ1n) is 5.42. The number of carbonyl (C=O) groups is 1. The van der Waals surface area contributed by atoms with Crippen molar-refractivity contribution in [1.82, 2.24) is 10.3 Å². The van der Waals surface area contributed by atoms with E-state index in [4.69, 9.17) is 0 Å².